The average Bonchev–Trinajstić information content (AvgIpc) is 2.88. The fraction of sp³-hybridized carbons (Fsp3) is 0.188. The van der Waals surface area contributed by atoms with Gasteiger partial charge in [-0.1, -0.05) is 60.7 Å². The summed E-state index contributed by atoms with van der Waals surface area (Å²) in [5, 5.41) is 2.77. The number of cyclic esters (lactones) is 1. The SMILES string of the molecule is O=C1N[C@@H](c2ccccc2)[C@H](OCc2ccccc2)O1. The van der Waals surface area contributed by atoms with Crippen LogP contribution in [0.25, 0.3) is 0 Å². The highest BCUT2D eigenvalue weighted by molar-refractivity contribution is 5.70. The number of alkyl carbamates (subject to hydrolysis) is 1. The first-order valence-electron chi connectivity index (χ1n) is 6.50. The number of nitrogens with one attached hydrogen (secondary N) is 1. The Kier molecular flexibility index (Phi) is 3.65. The summed E-state index contributed by atoms with van der Waals surface area (Å²) in [5.74, 6) is 0. The number of hydrogen-bond donors (Lipinski definition) is 1. The van der Waals surface area contributed by atoms with Crippen LogP contribution in [0.1, 0.15) is 17.2 Å². The van der Waals surface area contributed by atoms with Gasteiger partial charge in [-0.3, -0.25) is 0 Å². The van der Waals surface area contributed by atoms with E-state index in [1.807, 2.05) is 60.7 Å². The van der Waals surface area contributed by atoms with Crippen LogP contribution >= 0.6 is 0 Å². The zero-order valence-corrected chi connectivity index (χ0v) is 10.9. The zero-order chi connectivity index (χ0) is 13.8. The smallest absolute Gasteiger partial charge is 0.410 e. The molecule has 4 heteroatoms. The average molecular weight is 269 g/mol. The van der Waals surface area contributed by atoms with Gasteiger partial charge >= 0.3 is 6.09 Å². The van der Waals surface area contributed by atoms with Gasteiger partial charge in [0.1, 0.15) is 6.04 Å². The first-order valence-corrected chi connectivity index (χ1v) is 6.50. The Balaban J connectivity index is 1.69. The molecule has 1 amide bonds. The monoisotopic (exact) mass is 269 g/mol. The maximum Gasteiger partial charge on any atom is 0.410 e. The van der Waals surface area contributed by atoms with Gasteiger partial charge in [0.2, 0.25) is 6.29 Å². The summed E-state index contributed by atoms with van der Waals surface area (Å²) in [4.78, 5) is 11.4. The number of amides is 1. The zero-order valence-electron chi connectivity index (χ0n) is 10.9. The molecule has 1 aliphatic heterocycles. The lowest BCUT2D eigenvalue weighted by Gasteiger charge is -2.17. The summed E-state index contributed by atoms with van der Waals surface area (Å²) in [6.07, 6.45) is -1.05. The lowest BCUT2D eigenvalue weighted by molar-refractivity contribution is -0.102. The van der Waals surface area contributed by atoms with E-state index in [4.69, 9.17) is 9.47 Å². The van der Waals surface area contributed by atoms with E-state index in [0.29, 0.717) is 6.61 Å². The third kappa shape index (κ3) is 2.81. The van der Waals surface area contributed by atoms with E-state index in [9.17, 15) is 4.79 Å². The van der Waals surface area contributed by atoms with Crippen LogP contribution in [0.15, 0.2) is 60.7 Å². The van der Waals surface area contributed by atoms with Crippen molar-refractivity contribution < 1.29 is 14.3 Å². The van der Waals surface area contributed by atoms with E-state index >= 15 is 0 Å². The maximum atomic E-state index is 11.4. The minimum Gasteiger partial charge on any atom is -0.417 e. The molecule has 0 radical (unpaired) electrons. The number of ether oxygens (including phenoxy) is 2. The van der Waals surface area contributed by atoms with E-state index in [2.05, 4.69) is 5.32 Å². The van der Waals surface area contributed by atoms with Crippen LogP contribution < -0.4 is 5.32 Å². The molecule has 1 heterocycles. The van der Waals surface area contributed by atoms with E-state index in [-0.39, 0.29) is 6.04 Å². The van der Waals surface area contributed by atoms with Crippen molar-refractivity contribution in [1.29, 1.82) is 0 Å². The molecule has 2 aromatic rings. The Morgan fingerprint density at radius 3 is 2.35 bits per heavy atom. The van der Waals surface area contributed by atoms with Crippen LogP contribution in [0.3, 0.4) is 0 Å². The third-order valence-corrected chi connectivity index (χ3v) is 3.18. The molecule has 2 atom stereocenters. The summed E-state index contributed by atoms with van der Waals surface area (Å²) in [6, 6.07) is 19.2. The highest BCUT2D eigenvalue weighted by Crippen LogP contribution is 2.26. The van der Waals surface area contributed by atoms with Crippen LogP contribution in [0, 0.1) is 0 Å². The molecule has 3 rings (SSSR count). The van der Waals surface area contributed by atoms with E-state index < -0.39 is 12.4 Å². The Hall–Kier alpha value is -2.33. The molecule has 0 saturated carbocycles. The number of rotatable bonds is 4. The topological polar surface area (TPSA) is 47.6 Å². The fourth-order valence-corrected chi connectivity index (χ4v) is 2.19. The molecule has 1 saturated heterocycles. The number of hydrogen-bond acceptors (Lipinski definition) is 3. The number of carbonyl (C=O) groups is 1. The van der Waals surface area contributed by atoms with Crippen molar-refractivity contribution in [2.75, 3.05) is 0 Å². The standard InChI is InChI=1S/C16H15NO3/c18-16-17-14(13-9-5-2-6-10-13)15(20-16)19-11-12-7-3-1-4-8-12/h1-10,14-15H,11H2,(H,17,18)/t14-,15+/m0/s1. The van der Waals surface area contributed by atoms with Crippen molar-refractivity contribution >= 4 is 6.09 Å². The van der Waals surface area contributed by atoms with Gasteiger partial charge in [0.15, 0.2) is 0 Å². The normalized spacial score (nSPS) is 21.3. The Morgan fingerprint density at radius 2 is 1.65 bits per heavy atom. The van der Waals surface area contributed by atoms with Gasteiger partial charge in [-0.05, 0) is 11.1 Å². The van der Waals surface area contributed by atoms with E-state index in [0.717, 1.165) is 11.1 Å². The van der Waals surface area contributed by atoms with Crippen molar-refractivity contribution in [3.05, 3.63) is 71.8 Å². The van der Waals surface area contributed by atoms with Crippen molar-refractivity contribution in [1.82, 2.24) is 5.32 Å². The minimum atomic E-state index is -0.606. The lowest BCUT2D eigenvalue weighted by Crippen LogP contribution is -2.24. The van der Waals surface area contributed by atoms with E-state index in [1.54, 1.807) is 0 Å². The molecule has 1 aliphatic rings. The molecular weight excluding hydrogens is 254 g/mol. The Morgan fingerprint density at radius 1 is 1.00 bits per heavy atom. The second kappa shape index (κ2) is 5.75. The molecule has 20 heavy (non-hydrogen) atoms. The first-order chi connectivity index (χ1) is 9.83. The summed E-state index contributed by atoms with van der Waals surface area (Å²) in [5.41, 5.74) is 2.01. The van der Waals surface area contributed by atoms with Gasteiger partial charge in [-0.25, -0.2) is 4.79 Å². The maximum absolute atomic E-state index is 11.4. The van der Waals surface area contributed by atoms with Crippen molar-refractivity contribution in [2.24, 2.45) is 0 Å². The predicted molar refractivity (Wildman–Crippen MR) is 73.8 cm³/mol. The van der Waals surface area contributed by atoms with Crippen LogP contribution in [0.2, 0.25) is 0 Å². The van der Waals surface area contributed by atoms with Gasteiger partial charge in [0.05, 0.1) is 6.61 Å². The molecule has 0 aromatic heterocycles. The van der Waals surface area contributed by atoms with Crippen molar-refractivity contribution in [3.8, 4) is 0 Å². The highest BCUT2D eigenvalue weighted by atomic mass is 16.7. The minimum absolute atomic E-state index is 0.271. The summed E-state index contributed by atoms with van der Waals surface area (Å²) in [7, 11) is 0. The molecule has 2 aromatic carbocycles. The molecular formula is C16H15NO3. The summed E-state index contributed by atoms with van der Waals surface area (Å²) < 4.78 is 10.9. The van der Waals surface area contributed by atoms with Crippen LogP contribution in [-0.2, 0) is 16.1 Å². The summed E-state index contributed by atoms with van der Waals surface area (Å²) >= 11 is 0. The molecule has 0 bridgehead atoms. The van der Waals surface area contributed by atoms with Gasteiger partial charge in [-0.15, -0.1) is 0 Å². The molecule has 0 aliphatic carbocycles. The van der Waals surface area contributed by atoms with Crippen molar-refractivity contribution in [2.45, 2.75) is 18.9 Å². The lowest BCUT2D eigenvalue weighted by atomic mass is 10.1. The highest BCUT2D eigenvalue weighted by Gasteiger charge is 2.35. The van der Waals surface area contributed by atoms with Crippen LogP contribution in [-0.4, -0.2) is 12.4 Å². The quantitative estimate of drug-likeness (QED) is 0.928. The third-order valence-electron chi connectivity index (χ3n) is 3.18. The largest absolute Gasteiger partial charge is 0.417 e. The number of benzene rings is 2. The Bertz CT molecular complexity index is 571. The van der Waals surface area contributed by atoms with Gasteiger partial charge in [-0.2, -0.15) is 0 Å². The second-order valence-electron chi connectivity index (χ2n) is 4.60. The second-order valence-corrected chi connectivity index (χ2v) is 4.60. The van der Waals surface area contributed by atoms with Gasteiger partial charge in [0.25, 0.3) is 0 Å². The number of carbonyl (C=O) groups excluding carboxylic acids is 1. The van der Waals surface area contributed by atoms with Crippen LogP contribution in [0.4, 0.5) is 4.79 Å². The molecule has 1 fully saturated rings. The molecule has 102 valence electrons. The van der Waals surface area contributed by atoms with Crippen LogP contribution in [0.5, 0.6) is 0 Å². The molecule has 0 unspecified atom stereocenters. The van der Waals surface area contributed by atoms with Gasteiger partial charge in [0, 0.05) is 0 Å². The summed E-state index contributed by atoms with van der Waals surface area (Å²) in [6.45, 7) is 0.407. The first kappa shape index (κ1) is 12.7. The van der Waals surface area contributed by atoms with Crippen molar-refractivity contribution in [3.63, 3.8) is 0 Å². The molecule has 4 nitrogen and oxygen atoms in total. The molecule has 0 spiro atoms. The Labute approximate surface area is 117 Å². The predicted octanol–water partition coefficient (Wildman–Crippen LogP) is 3.01. The fourth-order valence-electron chi connectivity index (χ4n) is 2.19. The van der Waals surface area contributed by atoms with Gasteiger partial charge < -0.3 is 14.8 Å². The van der Waals surface area contributed by atoms with E-state index in [1.165, 1.54) is 0 Å². The molecule has 1 N–H and O–H groups in total.